The van der Waals surface area contributed by atoms with Crippen LogP contribution in [0.15, 0.2) is 11.3 Å². The molecule has 1 aromatic rings. The average molecular weight is 154 g/mol. The molecule has 0 bridgehead atoms. The highest BCUT2D eigenvalue weighted by Gasteiger charge is 1.95. The van der Waals surface area contributed by atoms with Gasteiger partial charge in [0.1, 0.15) is 6.33 Å². The molecule has 0 fully saturated rings. The van der Waals surface area contributed by atoms with Gasteiger partial charge in [-0.05, 0) is 0 Å². The molecule has 1 rings (SSSR count). The number of aliphatic imine (C=N–C) groups is 1. The number of aromatic amines is 1. The van der Waals surface area contributed by atoms with Crippen molar-refractivity contribution in [3.8, 4) is 0 Å². The standard InChI is InChI=1S/C6H10N4O/c1-3-5(11-2)9-6-7-4-8-10-6/h4H,3H2,1-2H3,(H,7,8,10)/b9-5+. The quantitative estimate of drug-likeness (QED) is 0.508. The first-order valence-electron chi connectivity index (χ1n) is 3.33. The van der Waals surface area contributed by atoms with Gasteiger partial charge in [-0.2, -0.15) is 15.1 Å². The second-order valence-corrected chi connectivity index (χ2v) is 1.87. The number of hydrogen-bond acceptors (Lipinski definition) is 4. The molecule has 0 unspecified atom stereocenters. The van der Waals surface area contributed by atoms with E-state index in [1.807, 2.05) is 6.92 Å². The molecule has 0 aliphatic carbocycles. The molecule has 11 heavy (non-hydrogen) atoms. The minimum atomic E-state index is 0.476. The van der Waals surface area contributed by atoms with Crippen LogP contribution in [0.2, 0.25) is 0 Å². The monoisotopic (exact) mass is 154 g/mol. The zero-order valence-corrected chi connectivity index (χ0v) is 6.53. The lowest BCUT2D eigenvalue weighted by atomic mass is 10.5. The Kier molecular flexibility index (Phi) is 2.59. The average Bonchev–Trinajstić information content (AvgIpc) is 2.52. The van der Waals surface area contributed by atoms with E-state index < -0.39 is 0 Å². The van der Waals surface area contributed by atoms with Crippen LogP contribution in [0.25, 0.3) is 0 Å². The van der Waals surface area contributed by atoms with Crippen LogP contribution in [0.1, 0.15) is 13.3 Å². The zero-order valence-electron chi connectivity index (χ0n) is 6.53. The number of rotatable bonds is 2. The van der Waals surface area contributed by atoms with Gasteiger partial charge in [-0.1, -0.05) is 6.92 Å². The van der Waals surface area contributed by atoms with E-state index in [9.17, 15) is 0 Å². The van der Waals surface area contributed by atoms with Crippen LogP contribution in [0.4, 0.5) is 5.95 Å². The van der Waals surface area contributed by atoms with Gasteiger partial charge in [0, 0.05) is 6.42 Å². The van der Waals surface area contributed by atoms with Gasteiger partial charge in [0.2, 0.25) is 5.95 Å². The number of nitrogens with one attached hydrogen (secondary N) is 1. The summed E-state index contributed by atoms with van der Waals surface area (Å²) < 4.78 is 4.94. The molecular formula is C6H10N4O. The van der Waals surface area contributed by atoms with E-state index >= 15 is 0 Å². The number of H-pyrrole nitrogens is 1. The van der Waals surface area contributed by atoms with Crippen LogP contribution in [0.5, 0.6) is 0 Å². The molecular weight excluding hydrogens is 144 g/mol. The Morgan fingerprint density at radius 1 is 1.82 bits per heavy atom. The fraction of sp³-hybridized carbons (Fsp3) is 0.500. The second-order valence-electron chi connectivity index (χ2n) is 1.87. The molecule has 5 heteroatoms. The van der Waals surface area contributed by atoms with Crippen LogP contribution < -0.4 is 0 Å². The van der Waals surface area contributed by atoms with Crippen molar-refractivity contribution in [2.75, 3.05) is 7.11 Å². The van der Waals surface area contributed by atoms with Crippen LogP contribution in [-0.2, 0) is 4.74 Å². The predicted octanol–water partition coefficient (Wildman–Crippen LogP) is 0.891. The summed E-state index contributed by atoms with van der Waals surface area (Å²) in [5.74, 6) is 1.12. The van der Waals surface area contributed by atoms with E-state index in [4.69, 9.17) is 4.74 Å². The van der Waals surface area contributed by atoms with Crippen molar-refractivity contribution in [3.63, 3.8) is 0 Å². The van der Waals surface area contributed by atoms with E-state index in [0.29, 0.717) is 11.8 Å². The summed E-state index contributed by atoms with van der Waals surface area (Å²) in [5, 5.41) is 6.25. The minimum Gasteiger partial charge on any atom is -0.484 e. The van der Waals surface area contributed by atoms with E-state index in [0.717, 1.165) is 6.42 Å². The molecule has 0 aromatic carbocycles. The molecule has 0 aliphatic heterocycles. The highest BCUT2D eigenvalue weighted by molar-refractivity contribution is 5.77. The minimum absolute atomic E-state index is 0.476. The topological polar surface area (TPSA) is 63.2 Å². The molecule has 0 spiro atoms. The summed E-state index contributed by atoms with van der Waals surface area (Å²) in [7, 11) is 1.58. The van der Waals surface area contributed by atoms with Crippen molar-refractivity contribution in [2.24, 2.45) is 4.99 Å². The molecule has 1 aromatic heterocycles. The lowest BCUT2D eigenvalue weighted by Gasteiger charge is -1.97. The van der Waals surface area contributed by atoms with E-state index in [-0.39, 0.29) is 0 Å². The van der Waals surface area contributed by atoms with Gasteiger partial charge in [0.05, 0.1) is 7.11 Å². The number of ether oxygens (including phenoxy) is 1. The number of methoxy groups -OCH3 is 1. The summed E-state index contributed by atoms with van der Waals surface area (Å²) in [6.45, 7) is 1.96. The van der Waals surface area contributed by atoms with Crippen molar-refractivity contribution in [2.45, 2.75) is 13.3 Å². The predicted molar refractivity (Wildman–Crippen MR) is 40.8 cm³/mol. The van der Waals surface area contributed by atoms with Crippen LogP contribution in [0, 0.1) is 0 Å². The van der Waals surface area contributed by atoms with Gasteiger partial charge >= 0.3 is 0 Å². The second kappa shape index (κ2) is 3.70. The first kappa shape index (κ1) is 7.71. The maximum Gasteiger partial charge on any atom is 0.248 e. The molecule has 1 N–H and O–H groups in total. The fourth-order valence-electron chi connectivity index (χ4n) is 0.640. The van der Waals surface area contributed by atoms with Crippen LogP contribution in [-0.4, -0.2) is 28.2 Å². The Hall–Kier alpha value is -1.39. The van der Waals surface area contributed by atoms with Gasteiger partial charge in [-0.15, -0.1) is 0 Å². The largest absolute Gasteiger partial charge is 0.484 e. The zero-order chi connectivity index (χ0) is 8.10. The third kappa shape index (κ3) is 2.03. The van der Waals surface area contributed by atoms with Crippen molar-refractivity contribution in [1.82, 2.24) is 15.2 Å². The number of aromatic nitrogens is 3. The van der Waals surface area contributed by atoms with Crippen molar-refractivity contribution in [1.29, 1.82) is 0 Å². The molecule has 5 nitrogen and oxygen atoms in total. The van der Waals surface area contributed by atoms with Gasteiger partial charge in [-0.3, -0.25) is 0 Å². The van der Waals surface area contributed by atoms with Crippen LogP contribution in [0.3, 0.4) is 0 Å². The summed E-state index contributed by atoms with van der Waals surface area (Å²) in [6.07, 6.45) is 2.15. The molecule has 0 saturated heterocycles. The number of hydrogen-bond donors (Lipinski definition) is 1. The van der Waals surface area contributed by atoms with Crippen molar-refractivity contribution >= 4 is 11.8 Å². The molecule has 0 atom stereocenters. The SMILES string of the molecule is CC/C(=N\c1ncn[nH]1)OC. The van der Waals surface area contributed by atoms with Gasteiger partial charge in [0.25, 0.3) is 0 Å². The van der Waals surface area contributed by atoms with E-state index in [1.165, 1.54) is 6.33 Å². The van der Waals surface area contributed by atoms with Gasteiger partial charge < -0.3 is 4.74 Å². The smallest absolute Gasteiger partial charge is 0.248 e. The summed E-state index contributed by atoms with van der Waals surface area (Å²) in [6, 6.07) is 0. The lowest BCUT2D eigenvalue weighted by Crippen LogP contribution is -1.97. The highest BCUT2D eigenvalue weighted by atomic mass is 16.5. The molecule has 60 valence electrons. The summed E-state index contributed by atoms with van der Waals surface area (Å²) in [5.41, 5.74) is 0. The van der Waals surface area contributed by atoms with Crippen LogP contribution >= 0.6 is 0 Å². The Morgan fingerprint density at radius 3 is 3.09 bits per heavy atom. The highest BCUT2D eigenvalue weighted by Crippen LogP contribution is 2.01. The first-order valence-corrected chi connectivity index (χ1v) is 3.33. The Bertz CT molecular complexity index is 223. The number of nitrogens with zero attached hydrogens (tertiary/aromatic N) is 3. The fourth-order valence-corrected chi connectivity index (χ4v) is 0.640. The Labute approximate surface area is 64.5 Å². The Balaban J connectivity index is 2.71. The normalized spacial score (nSPS) is 11.6. The summed E-state index contributed by atoms with van der Waals surface area (Å²) >= 11 is 0. The third-order valence-electron chi connectivity index (χ3n) is 1.17. The van der Waals surface area contributed by atoms with Crippen molar-refractivity contribution < 1.29 is 4.74 Å². The molecule has 0 amide bonds. The maximum absolute atomic E-state index is 4.94. The van der Waals surface area contributed by atoms with Gasteiger partial charge in [0.15, 0.2) is 5.90 Å². The first-order chi connectivity index (χ1) is 5.36. The Morgan fingerprint density at radius 2 is 2.64 bits per heavy atom. The van der Waals surface area contributed by atoms with E-state index in [2.05, 4.69) is 20.2 Å². The van der Waals surface area contributed by atoms with Gasteiger partial charge in [-0.25, -0.2) is 5.10 Å². The summed E-state index contributed by atoms with van der Waals surface area (Å²) in [4.78, 5) is 7.84. The van der Waals surface area contributed by atoms with Crippen molar-refractivity contribution in [3.05, 3.63) is 6.33 Å². The molecule has 1 heterocycles. The molecule has 0 saturated carbocycles. The molecule has 0 aliphatic rings. The third-order valence-corrected chi connectivity index (χ3v) is 1.17. The molecule has 0 radical (unpaired) electrons. The van der Waals surface area contributed by atoms with E-state index in [1.54, 1.807) is 7.11 Å². The maximum atomic E-state index is 4.94. The lowest BCUT2D eigenvalue weighted by molar-refractivity contribution is 0.392.